The van der Waals surface area contributed by atoms with E-state index in [1.54, 1.807) is 12.1 Å². The van der Waals surface area contributed by atoms with Gasteiger partial charge in [0.05, 0.1) is 18.4 Å². The van der Waals surface area contributed by atoms with Gasteiger partial charge in [0.2, 0.25) is 5.91 Å². The van der Waals surface area contributed by atoms with Crippen LogP contribution in [0.15, 0.2) is 17.5 Å². The molecule has 7 heteroatoms. The van der Waals surface area contributed by atoms with E-state index in [4.69, 9.17) is 4.74 Å². The third kappa shape index (κ3) is 3.59. The second-order valence-corrected chi connectivity index (χ2v) is 6.36. The molecule has 0 fully saturated rings. The number of esters is 1. The van der Waals surface area contributed by atoms with Crippen LogP contribution in [-0.4, -0.2) is 24.0 Å². The second-order valence-electron chi connectivity index (χ2n) is 4.34. The zero-order valence-corrected chi connectivity index (χ0v) is 14.7. The summed E-state index contributed by atoms with van der Waals surface area (Å²) in [7, 11) is 1.31. The predicted octanol–water partition coefficient (Wildman–Crippen LogP) is 3.47. The lowest BCUT2D eigenvalue weighted by Gasteiger charge is -2.11. The molecule has 0 aliphatic rings. The standard InChI is InChI=1S/C14H13IN2O3S/c1-7-6-21-13(16-7)9-5-12(17-8(2)18)10(4-11(9)15)14(19)20-3/h4-6H,1-3H3,(H,17,18). The summed E-state index contributed by atoms with van der Waals surface area (Å²) in [5, 5.41) is 5.47. The number of ether oxygens (including phenoxy) is 1. The van der Waals surface area contributed by atoms with E-state index in [9.17, 15) is 9.59 Å². The van der Waals surface area contributed by atoms with Crippen molar-refractivity contribution in [1.29, 1.82) is 0 Å². The first kappa shape index (κ1) is 15.9. The highest BCUT2D eigenvalue weighted by Crippen LogP contribution is 2.33. The Kier molecular flexibility index (Phi) is 4.94. The summed E-state index contributed by atoms with van der Waals surface area (Å²) >= 11 is 3.66. The lowest BCUT2D eigenvalue weighted by atomic mass is 10.1. The molecule has 2 rings (SSSR count). The van der Waals surface area contributed by atoms with E-state index in [1.165, 1.54) is 25.4 Å². The van der Waals surface area contributed by atoms with Gasteiger partial charge in [0.25, 0.3) is 0 Å². The quantitative estimate of drug-likeness (QED) is 0.615. The molecule has 0 bridgehead atoms. The summed E-state index contributed by atoms with van der Waals surface area (Å²) in [5.74, 6) is -0.735. The molecule has 0 atom stereocenters. The molecule has 0 aliphatic carbocycles. The third-order valence-electron chi connectivity index (χ3n) is 2.67. The van der Waals surface area contributed by atoms with Gasteiger partial charge in [0.1, 0.15) is 5.01 Å². The first-order valence-electron chi connectivity index (χ1n) is 6.04. The van der Waals surface area contributed by atoms with E-state index in [-0.39, 0.29) is 5.91 Å². The van der Waals surface area contributed by atoms with Crippen LogP contribution in [0.2, 0.25) is 0 Å². The van der Waals surface area contributed by atoms with Crippen LogP contribution >= 0.6 is 33.9 Å². The van der Waals surface area contributed by atoms with Crippen LogP contribution in [0.25, 0.3) is 10.6 Å². The maximum Gasteiger partial charge on any atom is 0.340 e. The summed E-state index contributed by atoms with van der Waals surface area (Å²) in [5.41, 5.74) is 2.57. The average molecular weight is 416 g/mol. The number of halogens is 1. The summed E-state index contributed by atoms with van der Waals surface area (Å²) in [6, 6.07) is 3.46. The third-order valence-corrected chi connectivity index (χ3v) is 4.56. The molecule has 0 unspecified atom stereocenters. The van der Waals surface area contributed by atoms with Crippen LogP contribution in [0.3, 0.4) is 0 Å². The topological polar surface area (TPSA) is 68.3 Å². The molecule has 0 saturated heterocycles. The smallest absolute Gasteiger partial charge is 0.340 e. The molecule has 0 saturated carbocycles. The van der Waals surface area contributed by atoms with E-state index in [2.05, 4.69) is 32.9 Å². The molecule has 110 valence electrons. The van der Waals surface area contributed by atoms with Gasteiger partial charge >= 0.3 is 5.97 Å². The summed E-state index contributed by atoms with van der Waals surface area (Å²) in [6.07, 6.45) is 0. The largest absolute Gasteiger partial charge is 0.465 e. The summed E-state index contributed by atoms with van der Waals surface area (Å²) in [4.78, 5) is 27.6. The van der Waals surface area contributed by atoms with Crippen LogP contribution in [0, 0.1) is 10.5 Å². The maximum atomic E-state index is 11.8. The fraction of sp³-hybridized carbons (Fsp3) is 0.214. The molecule has 0 radical (unpaired) electrons. The Labute approximate surface area is 139 Å². The average Bonchev–Trinajstić information content (AvgIpc) is 2.85. The van der Waals surface area contributed by atoms with Gasteiger partial charge in [0, 0.05) is 27.1 Å². The van der Waals surface area contributed by atoms with Gasteiger partial charge in [-0.05, 0) is 41.6 Å². The molecule has 0 spiro atoms. The number of carbonyl (C=O) groups excluding carboxylic acids is 2. The van der Waals surface area contributed by atoms with Gasteiger partial charge in [-0.3, -0.25) is 4.79 Å². The number of hydrogen-bond donors (Lipinski definition) is 1. The molecule has 5 nitrogen and oxygen atoms in total. The van der Waals surface area contributed by atoms with Crippen molar-refractivity contribution in [3.8, 4) is 10.6 Å². The first-order valence-corrected chi connectivity index (χ1v) is 8.00. The number of hydrogen-bond acceptors (Lipinski definition) is 5. The van der Waals surface area contributed by atoms with Crippen molar-refractivity contribution in [3.05, 3.63) is 32.3 Å². The lowest BCUT2D eigenvalue weighted by Crippen LogP contribution is -2.12. The molecule has 0 aliphatic heterocycles. The number of aromatic nitrogens is 1. The van der Waals surface area contributed by atoms with E-state index >= 15 is 0 Å². The van der Waals surface area contributed by atoms with Crippen LogP contribution < -0.4 is 5.32 Å². The van der Waals surface area contributed by atoms with Crippen molar-refractivity contribution >= 4 is 51.5 Å². The predicted molar refractivity (Wildman–Crippen MR) is 90.6 cm³/mol. The minimum atomic E-state index is -0.487. The number of nitrogens with one attached hydrogen (secondary N) is 1. The molecule has 1 aromatic carbocycles. The van der Waals surface area contributed by atoms with Gasteiger partial charge in [-0.2, -0.15) is 0 Å². The number of benzene rings is 1. The summed E-state index contributed by atoms with van der Waals surface area (Å²) < 4.78 is 5.63. The van der Waals surface area contributed by atoms with Gasteiger partial charge in [0.15, 0.2) is 0 Å². The first-order chi connectivity index (χ1) is 9.92. The molecule has 1 aromatic heterocycles. The highest BCUT2D eigenvalue weighted by molar-refractivity contribution is 14.1. The van der Waals surface area contributed by atoms with Crippen LogP contribution in [0.5, 0.6) is 0 Å². The molecule has 1 heterocycles. The Hall–Kier alpha value is -1.48. The summed E-state index contributed by atoms with van der Waals surface area (Å²) in [6.45, 7) is 3.32. The van der Waals surface area contributed by atoms with Gasteiger partial charge < -0.3 is 10.1 Å². The maximum absolute atomic E-state index is 11.8. The van der Waals surface area contributed by atoms with Crippen molar-refractivity contribution in [3.63, 3.8) is 0 Å². The number of aryl methyl sites for hydroxylation is 1. The molecular formula is C14H13IN2O3S. The van der Waals surface area contributed by atoms with Crippen LogP contribution in [-0.2, 0) is 9.53 Å². The minimum absolute atomic E-state index is 0.248. The zero-order chi connectivity index (χ0) is 15.6. The van der Waals surface area contributed by atoms with Crippen molar-refractivity contribution in [1.82, 2.24) is 4.98 Å². The number of amides is 1. The van der Waals surface area contributed by atoms with E-state index in [0.717, 1.165) is 19.8 Å². The number of methoxy groups -OCH3 is 1. The molecule has 21 heavy (non-hydrogen) atoms. The normalized spacial score (nSPS) is 10.3. The Morgan fingerprint density at radius 3 is 2.62 bits per heavy atom. The van der Waals surface area contributed by atoms with Crippen LogP contribution in [0.1, 0.15) is 23.0 Å². The van der Waals surface area contributed by atoms with Gasteiger partial charge in [-0.25, -0.2) is 9.78 Å². The number of anilines is 1. The van der Waals surface area contributed by atoms with Crippen molar-refractivity contribution in [2.75, 3.05) is 12.4 Å². The van der Waals surface area contributed by atoms with E-state index in [1.807, 2.05) is 12.3 Å². The Bertz CT molecular complexity index is 712. The van der Waals surface area contributed by atoms with Gasteiger partial charge in [-0.1, -0.05) is 0 Å². The van der Waals surface area contributed by atoms with Crippen molar-refractivity contribution < 1.29 is 14.3 Å². The van der Waals surface area contributed by atoms with Crippen molar-refractivity contribution in [2.45, 2.75) is 13.8 Å². The fourth-order valence-electron chi connectivity index (χ4n) is 1.79. The Morgan fingerprint density at radius 2 is 2.10 bits per heavy atom. The zero-order valence-electron chi connectivity index (χ0n) is 11.7. The number of carbonyl (C=O) groups is 2. The minimum Gasteiger partial charge on any atom is -0.465 e. The van der Waals surface area contributed by atoms with Crippen LogP contribution in [0.4, 0.5) is 5.69 Å². The second kappa shape index (κ2) is 6.52. The Morgan fingerprint density at radius 1 is 1.38 bits per heavy atom. The Balaban J connectivity index is 2.58. The number of nitrogens with zero attached hydrogens (tertiary/aromatic N) is 1. The molecule has 2 aromatic rings. The highest BCUT2D eigenvalue weighted by Gasteiger charge is 2.18. The lowest BCUT2D eigenvalue weighted by molar-refractivity contribution is -0.114. The number of thiazole rings is 1. The van der Waals surface area contributed by atoms with E-state index < -0.39 is 5.97 Å². The monoisotopic (exact) mass is 416 g/mol. The fourth-order valence-corrected chi connectivity index (χ4v) is 3.52. The molecular weight excluding hydrogens is 403 g/mol. The SMILES string of the molecule is COC(=O)c1cc(I)c(-c2nc(C)cs2)cc1NC(C)=O. The molecule has 1 N–H and O–H groups in total. The number of rotatable bonds is 3. The van der Waals surface area contributed by atoms with E-state index in [0.29, 0.717) is 11.3 Å². The highest BCUT2D eigenvalue weighted by atomic mass is 127. The van der Waals surface area contributed by atoms with Gasteiger partial charge in [-0.15, -0.1) is 11.3 Å². The molecule has 1 amide bonds. The van der Waals surface area contributed by atoms with Crippen molar-refractivity contribution in [2.24, 2.45) is 0 Å².